The highest BCUT2D eigenvalue weighted by atomic mass is 35.5. The molecule has 2 aromatic carbocycles. The number of halogens is 1. The average molecular weight is 434 g/mol. The standard InChI is InChI=1S/C22H25N3O3.ClH.H2O/c26-22(15-17-7-9-19(10-8-17)25(27)28)24-14-11-18-5-1-2-6-20(18)21(24)16-23-12-3-4-13-23;;/h1-2,5-10,21H,3-4,11-16H2;1H;1H2. The number of fused-ring (bicyclic) bond motifs is 1. The molecule has 2 N–H and O–H groups in total. The Morgan fingerprint density at radius 3 is 2.37 bits per heavy atom. The number of likely N-dealkylation sites (tertiary alicyclic amines) is 1. The lowest BCUT2D eigenvalue weighted by molar-refractivity contribution is -0.384. The first-order chi connectivity index (χ1) is 13.6. The lowest BCUT2D eigenvalue weighted by Gasteiger charge is -2.39. The van der Waals surface area contributed by atoms with Gasteiger partial charge in [-0.05, 0) is 49.0 Å². The van der Waals surface area contributed by atoms with Gasteiger partial charge in [0.05, 0.1) is 17.4 Å². The van der Waals surface area contributed by atoms with Crippen molar-refractivity contribution in [3.63, 3.8) is 0 Å². The summed E-state index contributed by atoms with van der Waals surface area (Å²) in [5.41, 5.74) is 3.47. The van der Waals surface area contributed by atoms with Gasteiger partial charge in [-0.3, -0.25) is 14.9 Å². The molecule has 0 aliphatic carbocycles. The zero-order chi connectivity index (χ0) is 19.5. The molecule has 7 nitrogen and oxygen atoms in total. The third-order valence-electron chi connectivity index (χ3n) is 5.87. The van der Waals surface area contributed by atoms with E-state index in [1.807, 2.05) is 4.90 Å². The maximum atomic E-state index is 13.2. The average Bonchev–Trinajstić information content (AvgIpc) is 3.22. The number of rotatable bonds is 5. The van der Waals surface area contributed by atoms with E-state index in [1.54, 1.807) is 12.1 Å². The minimum absolute atomic E-state index is 0. The number of amides is 1. The fourth-order valence-corrected chi connectivity index (χ4v) is 4.37. The largest absolute Gasteiger partial charge is 0.412 e. The maximum absolute atomic E-state index is 13.2. The monoisotopic (exact) mass is 433 g/mol. The molecular weight excluding hydrogens is 406 g/mol. The molecule has 1 saturated heterocycles. The van der Waals surface area contributed by atoms with E-state index in [0.717, 1.165) is 38.2 Å². The number of nitro groups is 1. The Morgan fingerprint density at radius 1 is 1.03 bits per heavy atom. The summed E-state index contributed by atoms with van der Waals surface area (Å²) >= 11 is 0. The molecule has 0 spiro atoms. The molecule has 8 heteroatoms. The molecule has 4 rings (SSSR count). The van der Waals surface area contributed by atoms with Gasteiger partial charge in [0, 0.05) is 25.2 Å². The quantitative estimate of drug-likeness (QED) is 0.534. The lowest BCUT2D eigenvalue weighted by Crippen LogP contribution is -2.45. The summed E-state index contributed by atoms with van der Waals surface area (Å²) in [6.07, 6.45) is 3.60. The maximum Gasteiger partial charge on any atom is 0.269 e. The number of non-ortho nitro benzene ring substituents is 1. The van der Waals surface area contributed by atoms with Crippen molar-refractivity contribution in [1.29, 1.82) is 0 Å². The number of hydrogen-bond donors (Lipinski definition) is 0. The van der Waals surface area contributed by atoms with E-state index in [0.29, 0.717) is 0 Å². The van der Waals surface area contributed by atoms with Crippen LogP contribution >= 0.6 is 12.4 Å². The van der Waals surface area contributed by atoms with Gasteiger partial charge in [-0.15, -0.1) is 12.4 Å². The van der Waals surface area contributed by atoms with E-state index in [-0.39, 0.29) is 41.9 Å². The number of carbonyl (C=O) groups is 1. The van der Waals surface area contributed by atoms with Crippen LogP contribution in [0.15, 0.2) is 48.5 Å². The summed E-state index contributed by atoms with van der Waals surface area (Å²) in [6, 6.07) is 14.8. The van der Waals surface area contributed by atoms with E-state index in [1.165, 1.54) is 36.1 Å². The smallest absolute Gasteiger partial charge is 0.269 e. The van der Waals surface area contributed by atoms with E-state index >= 15 is 0 Å². The van der Waals surface area contributed by atoms with Crippen LogP contribution in [0.3, 0.4) is 0 Å². The van der Waals surface area contributed by atoms with Crippen LogP contribution in [-0.2, 0) is 17.6 Å². The summed E-state index contributed by atoms with van der Waals surface area (Å²) < 4.78 is 0. The molecule has 0 bridgehead atoms. The Balaban J connectivity index is 0.00000160. The number of benzene rings is 2. The molecule has 2 aliphatic rings. The molecule has 1 amide bonds. The molecule has 1 fully saturated rings. The summed E-state index contributed by atoms with van der Waals surface area (Å²) in [5, 5.41) is 10.8. The van der Waals surface area contributed by atoms with Gasteiger partial charge in [0.2, 0.25) is 5.91 Å². The second kappa shape index (κ2) is 10.5. The van der Waals surface area contributed by atoms with Crippen molar-refractivity contribution in [1.82, 2.24) is 9.80 Å². The Kier molecular flexibility index (Phi) is 8.34. The Labute approximate surface area is 182 Å². The van der Waals surface area contributed by atoms with Gasteiger partial charge in [-0.25, -0.2) is 0 Å². The van der Waals surface area contributed by atoms with Crippen LogP contribution in [0.1, 0.15) is 35.6 Å². The number of hydrogen-bond acceptors (Lipinski definition) is 4. The van der Waals surface area contributed by atoms with Gasteiger partial charge in [0.1, 0.15) is 0 Å². The van der Waals surface area contributed by atoms with Crippen LogP contribution in [-0.4, -0.2) is 52.3 Å². The molecule has 2 aromatic rings. The predicted molar refractivity (Wildman–Crippen MR) is 118 cm³/mol. The lowest BCUT2D eigenvalue weighted by atomic mass is 9.91. The van der Waals surface area contributed by atoms with E-state index in [2.05, 4.69) is 29.2 Å². The van der Waals surface area contributed by atoms with Crippen LogP contribution < -0.4 is 0 Å². The van der Waals surface area contributed by atoms with E-state index < -0.39 is 4.92 Å². The van der Waals surface area contributed by atoms with Gasteiger partial charge in [-0.1, -0.05) is 36.4 Å². The molecular formula is C22H28ClN3O4. The summed E-state index contributed by atoms with van der Waals surface area (Å²) in [7, 11) is 0. The first-order valence-corrected chi connectivity index (χ1v) is 9.95. The fraction of sp³-hybridized carbons (Fsp3) is 0.409. The van der Waals surface area contributed by atoms with Gasteiger partial charge >= 0.3 is 0 Å². The zero-order valence-corrected chi connectivity index (χ0v) is 17.6. The Morgan fingerprint density at radius 2 is 1.70 bits per heavy atom. The minimum atomic E-state index is -0.417. The highest BCUT2D eigenvalue weighted by Crippen LogP contribution is 2.32. The predicted octanol–water partition coefficient (Wildman–Crippen LogP) is 2.96. The molecule has 2 aliphatic heterocycles. The van der Waals surface area contributed by atoms with Crippen molar-refractivity contribution >= 4 is 24.0 Å². The topological polar surface area (TPSA) is 98.2 Å². The Hall–Kier alpha value is -2.48. The van der Waals surface area contributed by atoms with Crippen LogP contribution in [0.5, 0.6) is 0 Å². The molecule has 30 heavy (non-hydrogen) atoms. The SMILES string of the molecule is Cl.O.O=C(Cc1ccc([N+](=O)[O-])cc1)N1CCc2ccccc2C1CN1CCCC1. The molecule has 162 valence electrons. The highest BCUT2D eigenvalue weighted by molar-refractivity contribution is 5.85. The summed E-state index contributed by atoms with van der Waals surface area (Å²) in [4.78, 5) is 28.0. The third-order valence-corrected chi connectivity index (χ3v) is 5.87. The first kappa shape index (κ1) is 23.8. The van der Waals surface area contributed by atoms with Crippen molar-refractivity contribution in [2.75, 3.05) is 26.2 Å². The van der Waals surface area contributed by atoms with Crippen molar-refractivity contribution in [3.8, 4) is 0 Å². The van der Waals surface area contributed by atoms with Gasteiger partial charge in [0.25, 0.3) is 5.69 Å². The van der Waals surface area contributed by atoms with E-state index in [4.69, 9.17) is 0 Å². The number of nitro benzene ring substituents is 1. The van der Waals surface area contributed by atoms with Crippen LogP contribution in [0, 0.1) is 10.1 Å². The third kappa shape index (κ3) is 5.16. The fourth-order valence-electron chi connectivity index (χ4n) is 4.37. The molecule has 0 aromatic heterocycles. The summed E-state index contributed by atoms with van der Waals surface area (Å²) in [5.74, 6) is 0.0903. The Bertz CT molecular complexity index is 869. The number of carbonyl (C=O) groups excluding carboxylic acids is 1. The van der Waals surface area contributed by atoms with E-state index in [9.17, 15) is 14.9 Å². The van der Waals surface area contributed by atoms with Crippen molar-refractivity contribution in [3.05, 3.63) is 75.3 Å². The normalized spacial score (nSPS) is 18.1. The van der Waals surface area contributed by atoms with Crippen LogP contribution in [0.2, 0.25) is 0 Å². The second-order valence-electron chi connectivity index (χ2n) is 7.66. The van der Waals surface area contributed by atoms with Gasteiger partial charge < -0.3 is 15.3 Å². The second-order valence-corrected chi connectivity index (χ2v) is 7.66. The number of nitrogens with zero attached hydrogens (tertiary/aromatic N) is 3. The minimum Gasteiger partial charge on any atom is -0.412 e. The molecule has 0 saturated carbocycles. The molecule has 1 atom stereocenters. The highest BCUT2D eigenvalue weighted by Gasteiger charge is 2.32. The van der Waals surface area contributed by atoms with Gasteiger partial charge in [0.15, 0.2) is 0 Å². The van der Waals surface area contributed by atoms with Crippen LogP contribution in [0.4, 0.5) is 5.69 Å². The molecule has 2 heterocycles. The van der Waals surface area contributed by atoms with Crippen molar-refractivity contribution in [2.45, 2.75) is 31.7 Å². The molecule has 0 radical (unpaired) electrons. The molecule has 1 unspecified atom stereocenters. The van der Waals surface area contributed by atoms with Gasteiger partial charge in [-0.2, -0.15) is 0 Å². The zero-order valence-electron chi connectivity index (χ0n) is 16.8. The summed E-state index contributed by atoms with van der Waals surface area (Å²) in [6.45, 7) is 3.80. The van der Waals surface area contributed by atoms with Crippen LogP contribution in [0.25, 0.3) is 0 Å². The van der Waals surface area contributed by atoms with Crippen molar-refractivity contribution in [2.24, 2.45) is 0 Å². The van der Waals surface area contributed by atoms with Crippen molar-refractivity contribution < 1.29 is 15.2 Å². The first-order valence-electron chi connectivity index (χ1n) is 9.95.